The van der Waals surface area contributed by atoms with Gasteiger partial charge >= 0.3 is 0 Å². The van der Waals surface area contributed by atoms with Crippen LogP contribution in [-0.2, 0) is 14.8 Å². The molecule has 21 heavy (non-hydrogen) atoms. The third-order valence-electron chi connectivity index (χ3n) is 4.30. The molecule has 1 saturated carbocycles. The number of nitrogen functional groups attached to an aromatic ring is 1. The maximum Gasteiger partial charge on any atom is 0.242 e. The van der Waals surface area contributed by atoms with Crippen molar-refractivity contribution in [3.8, 4) is 0 Å². The molecule has 5 nitrogen and oxygen atoms in total. The molecule has 0 spiro atoms. The quantitative estimate of drug-likeness (QED) is 0.815. The average molecular weight is 312 g/mol. The first-order valence-corrected chi connectivity index (χ1v) is 8.67. The molecule has 1 aliphatic rings. The maximum atomic E-state index is 12.5. The molecule has 3 N–H and O–H groups in total. The molecule has 0 bridgehead atoms. The number of hydrogen-bond donors (Lipinski definition) is 2. The minimum atomic E-state index is -3.61. The maximum absolute atomic E-state index is 12.5. The second-order valence-electron chi connectivity index (χ2n) is 6.22. The Morgan fingerprint density at radius 3 is 2.62 bits per heavy atom. The molecule has 0 amide bonds. The Hall–Kier alpha value is -1.11. The van der Waals surface area contributed by atoms with E-state index in [0.29, 0.717) is 13.0 Å². The van der Waals surface area contributed by atoms with Crippen molar-refractivity contribution in [3.05, 3.63) is 23.8 Å². The van der Waals surface area contributed by atoms with Gasteiger partial charge in [-0.15, -0.1) is 0 Å². The highest BCUT2D eigenvalue weighted by Gasteiger charge is 2.50. The van der Waals surface area contributed by atoms with Crippen LogP contribution in [0.4, 0.5) is 5.69 Å². The number of benzene rings is 1. The van der Waals surface area contributed by atoms with Gasteiger partial charge in [-0.1, -0.05) is 19.9 Å². The Kier molecular flexibility index (Phi) is 4.33. The van der Waals surface area contributed by atoms with Crippen LogP contribution < -0.4 is 10.5 Å². The summed E-state index contributed by atoms with van der Waals surface area (Å²) in [6, 6.07) is 4.84. The summed E-state index contributed by atoms with van der Waals surface area (Å²) in [7, 11) is -3.61. The van der Waals surface area contributed by atoms with E-state index in [-0.39, 0.29) is 28.1 Å². The Morgan fingerprint density at radius 2 is 2.10 bits per heavy atom. The number of rotatable bonds is 5. The summed E-state index contributed by atoms with van der Waals surface area (Å²) in [4.78, 5) is 0.142. The molecule has 118 valence electrons. The summed E-state index contributed by atoms with van der Waals surface area (Å²) in [6.07, 6.45) is 0.775. The van der Waals surface area contributed by atoms with Gasteiger partial charge in [-0.3, -0.25) is 0 Å². The number of ether oxygens (including phenoxy) is 1. The summed E-state index contributed by atoms with van der Waals surface area (Å²) < 4.78 is 33.4. The summed E-state index contributed by atoms with van der Waals surface area (Å²) >= 11 is 0. The van der Waals surface area contributed by atoms with Gasteiger partial charge in [0, 0.05) is 18.1 Å². The predicted octanol–water partition coefficient (Wildman–Crippen LogP) is 2.06. The van der Waals surface area contributed by atoms with Gasteiger partial charge in [0.1, 0.15) is 4.90 Å². The van der Waals surface area contributed by atoms with Gasteiger partial charge in [0.15, 0.2) is 0 Å². The first-order chi connectivity index (χ1) is 9.68. The van der Waals surface area contributed by atoms with Crippen LogP contribution in [0.15, 0.2) is 23.1 Å². The van der Waals surface area contributed by atoms with E-state index in [0.717, 1.165) is 5.56 Å². The number of nitrogens with two attached hydrogens (primary N) is 1. The number of sulfonamides is 1. The standard InChI is InChI=1S/C15H24N2O3S/c1-5-20-14-9-13(15(14,3)4)17-21(18,19)12-7-6-10(2)8-11(12)16/h6-8,13-14,17H,5,9,16H2,1-4H3. The van der Waals surface area contributed by atoms with Crippen molar-refractivity contribution < 1.29 is 13.2 Å². The Balaban J connectivity index is 2.16. The summed E-state index contributed by atoms with van der Waals surface area (Å²) in [5.41, 5.74) is 6.84. The number of anilines is 1. The lowest BCUT2D eigenvalue weighted by atomic mass is 9.65. The van der Waals surface area contributed by atoms with E-state index in [4.69, 9.17) is 10.5 Å². The summed E-state index contributed by atoms with van der Waals surface area (Å²) in [5.74, 6) is 0. The molecule has 0 aromatic heterocycles. The Labute approximate surface area is 126 Å². The lowest BCUT2D eigenvalue weighted by Crippen LogP contribution is -2.61. The molecule has 2 atom stereocenters. The highest BCUT2D eigenvalue weighted by molar-refractivity contribution is 7.89. The number of hydrogen-bond acceptors (Lipinski definition) is 4. The summed E-state index contributed by atoms with van der Waals surface area (Å²) in [5, 5.41) is 0. The normalized spacial score (nSPS) is 24.6. The molecule has 0 saturated heterocycles. The fraction of sp³-hybridized carbons (Fsp3) is 0.600. The number of nitrogens with one attached hydrogen (secondary N) is 1. The molecule has 2 rings (SSSR count). The van der Waals surface area contributed by atoms with Gasteiger partial charge in [-0.2, -0.15) is 0 Å². The van der Waals surface area contributed by atoms with Crippen molar-refractivity contribution in [2.24, 2.45) is 5.41 Å². The molecule has 0 aliphatic heterocycles. The fourth-order valence-electron chi connectivity index (χ4n) is 2.73. The van der Waals surface area contributed by atoms with Gasteiger partial charge in [0.2, 0.25) is 10.0 Å². The van der Waals surface area contributed by atoms with Crippen LogP contribution >= 0.6 is 0 Å². The molecule has 1 aromatic rings. The van der Waals surface area contributed by atoms with E-state index in [1.807, 2.05) is 27.7 Å². The van der Waals surface area contributed by atoms with Crippen LogP contribution in [0.25, 0.3) is 0 Å². The van der Waals surface area contributed by atoms with Crippen LogP contribution in [-0.4, -0.2) is 27.2 Å². The van der Waals surface area contributed by atoms with Crippen LogP contribution in [0.1, 0.15) is 32.8 Å². The van der Waals surface area contributed by atoms with Crippen molar-refractivity contribution in [1.29, 1.82) is 0 Å². The monoisotopic (exact) mass is 312 g/mol. The lowest BCUT2D eigenvalue weighted by molar-refractivity contribution is -0.108. The highest BCUT2D eigenvalue weighted by atomic mass is 32.2. The van der Waals surface area contributed by atoms with Gasteiger partial charge in [-0.25, -0.2) is 13.1 Å². The smallest absolute Gasteiger partial charge is 0.242 e. The van der Waals surface area contributed by atoms with Gasteiger partial charge in [-0.05, 0) is 38.0 Å². The molecule has 2 unspecified atom stereocenters. The molecular weight excluding hydrogens is 288 g/mol. The Morgan fingerprint density at radius 1 is 1.43 bits per heavy atom. The second kappa shape index (κ2) is 5.59. The zero-order valence-electron chi connectivity index (χ0n) is 13.0. The predicted molar refractivity (Wildman–Crippen MR) is 83.5 cm³/mol. The van der Waals surface area contributed by atoms with Crippen LogP contribution in [0.3, 0.4) is 0 Å². The average Bonchev–Trinajstić information content (AvgIpc) is 2.37. The lowest BCUT2D eigenvalue weighted by Gasteiger charge is -2.51. The molecule has 6 heteroatoms. The molecular formula is C15H24N2O3S. The van der Waals surface area contributed by atoms with Crippen molar-refractivity contribution in [2.45, 2.75) is 51.2 Å². The largest absolute Gasteiger partial charge is 0.398 e. The SMILES string of the molecule is CCOC1CC(NS(=O)(=O)c2ccc(C)cc2N)C1(C)C. The highest BCUT2D eigenvalue weighted by Crippen LogP contribution is 2.43. The van der Waals surface area contributed by atoms with Gasteiger partial charge < -0.3 is 10.5 Å². The van der Waals surface area contributed by atoms with Crippen molar-refractivity contribution in [1.82, 2.24) is 4.72 Å². The third kappa shape index (κ3) is 3.07. The first-order valence-electron chi connectivity index (χ1n) is 7.18. The van der Waals surface area contributed by atoms with E-state index in [2.05, 4.69) is 4.72 Å². The topological polar surface area (TPSA) is 81.4 Å². The first kappa shape index (κ1) is 16.3. The number of aryl methyl sites for hydroxylation is 1. The molecule has 1 fully saturated rings. The van der Waals surface area contributed by atoms with E-state index >= 15 is 0 Å². The minimum Gasteiger partial charge on any atom is -0.398 e. The molecule has 1 aromatic carbocycles. The van der Waals surface area contributed by atoms with Crippen LogP contribution in [0, 0.1) is 12.3 Å². The zero-order chi connectivity index (χ0) is 15.8. The van der Waals surface area contributed by atoms with Crippen molar-refractivity contribution in [2.75, 3.05) is 12.3 Å². The van der Waals surface area contributed by atoms with Crippen LogP contribution in [0.2, 0.25) is 0 Å². The molecule has 0 radical (unpaired) electrons. The third-order valence-corrected chi connectivity index (χ3v) is 5.84. The van der Waals surface area contributed by atoms with E-state index in [9.17, 15) is 8.42 Å². The summed E-state index contributed by atoms with van der Waals surface area (Å²) in [6.45, 7) is 8.49. The van der Waals surface area contributed by atoms with Crippen molar-refractivity contribution in [3.63, 3.8) is 0 Å². The zero-order valence-corrected chi connectivity index (χ0v) is 13.8. The van der Waals surface area contributed by atoms with Gasteiger partial charge in [0.25, 0.3) is 0 Å². The molecule has 1 aliphatic carbocycles. The van der Waals surface area contributed by atoms with Crippen molar-refractivity contribution >= 4 is 15.7 Å². The van der Waals surface area contributed by atoms with E-state index < -0.39 is 10.0 Å². The fourth-order valence-corrected chi connectivity index (χ4v) is 4.25. The second-order valence-corrected chi connectivity index (χ2v) is 7.90. The minimum absolute atomic E-state index is 0.0885. The van der Waals surface area contributed by atoms with E-state index in [1.165, 1.54) is 0 Å². The molecule has 0 heterocycles. The Bertz CT molecular complexity index is 626. The van der Waals surface area contributed by atoms with E-state index in [1.54, 1.807) is 18.2 Å². The van der Waals surface area contributed by atoms with Gasteiger partial charge in [0.05, 0.1) is 11.8 Å². The van der Waals surface area contributed by atoms with Crippen LogP contribution in [0.5, 0.6) is 0 Å².